The molecule has 0 aromatic heterocycles. The average molecular weight is 332 g/mol. The summed E-state index contributed by atoms with van der Waals surface area (Å²) in [5.74, 6) is -0.706. The molecule has 3 rings (SSSR count). The number of carboxylic acid groups (broad SMARTS) is 1. The van der Waals surface area contributed by atoms with Gasteiger partial charge in [-0.15, -0.1) is 0 Å². The lowest BCUT2D eigenvalue weighted by molar-refractivity contribution is -0.154. The second-order valence-electron chi connectivity index (χ2n) is 6.98. The number of anilines is 1. The normalized spacial score (nSPS) is 20.8. The highest BCUT2D eigenvalue weighted by atomic mass is 16.5. The van der Waals surface area contributed by atoms with Gasteiger partial charge in [0.05, 0.1) is 5.41 Å². The van der Waals surface area contributed by atoms with Crippen molar-refractivity contribution in [2.75, 3.05) is 37.7 Å². The van der Waals surface area contributed by atoms with Gasteiger partial charge in [0.25, 0.3) is 0 Å². The van der Waals surface area contributed by atoms with Crippen LogP contribution in [0.15, 0.2) is 24.3 Å². The molecule has 5 heteroatoms. The standard InChI is InChI=1S/C19H28N2O3/c22-18(23)19(8-12-24-13-9-19)15-20-14-16-6-2-3-7-17(16)21-10-4-1-5-11-21/h2-3,6-7,20H,1,4-5,8-15H2,(H,22,23). The van der Waals surface area contributed by atoms with Gasteiger partial charge in [-0.3, -0.25) is 4.79 Å². The average Bonchev–Trinajstić information content (AvgIpc) is 2.63. The number of aliphatic carboxylic acids is 1. The Labute approximate surface area is 144 Å². The van der Waals surface area contributed by atoms with Gasteiger partial charge in [0, 0.05) is 45.1 Å². The summed E-state index contributed by atoms with van der Waals surface area (Å²) < 4.78 is 5.34. The molecule has 5 nitrogen and oxygen atoms in total. The molecule has 1 aromatic rings. The van der Waals surface area contributed by atoms with Gasteiger partial charge < -0.3 is 20.1 Å². The SMILES string of the molecule is O=C(O)C1(CNCc2ccccc2N2CCCCC2)CCOCC1. The summed E-state index contributed by atoms with van der Waals surface area (Å²) in [4.78, 5) is 14.2. The number of ether oxygens (including phenoxy) is 1. The molecule has 2 fully saturated rings. The fourth-order valence-electron chi connectivity index (χ4n) is 3.77. The minimum absolute atomic E-state index is 0.500. The van der Waals surface area contributed by atoms with Crippen molar-refractivity contribution in [3.8, 4) is 0 Å². The van der Waals surface area contributed by atoms with Crippen molar-refractivity contribution >= 4 is 11.7 Å². The van der Waals surface area contributed by atoms with Gasteiger partial charge in [0.2, 0.25) is 0 Å². The molecule has 0 unspecified atom stereocenters. The molecular formula is C19H28N2O3. The van der Waals surface area contributed by atoms with Crippen LogP contribution in [0.4, 0.5) is 5.69 Å². The van der Waals surface area contributed by atoms with E-state index in [4.69, 9.17) is 4.74 Å². The van der Waals surface area contributed by atoms with Gasteiger partial charge in [-0.05, 0) is 43.7 Å². The molecule has 0 atom stereocenters. The Hall–Kier alpha value is -1.59. The van der Waals surface area contributed by atoms with E-state index in [9.17, 15) is 9.90 Å². The van der Waals surface area contributed by atoms with Crippen LogP contribution < -0.4 is 10.2 Å². The number of carbonyl (C=O) groups is 1. The second kappa shape index (κ2) is 7.99. The van der Waals surface area contributed by atoms with E-state index in [0.29, 0.717) is 39.1 Å². The van der Waals surface area contributed by atoms with Crippen LogP contribution in [0.25, 0.3) is 0 Å². The summed E-state index contributed by atoms with van der Waals surface area (Å²) in [7, 11) is 0. The van der Waals surface area contributed by atoms with E-state index in [1.165, 1.54) is 30.5 Å². The largest absolute Gasteiger partial charge is 0.481 e. The summed E-state index contributed by atoms with van der Waals surface area (Å²) in [6, 6.07) is 8.48. The Morgan fingerprint density at radius 2 is 1.88 bits per heavy atom. The minimum atomic E-state index is -0.706. The predicted octanol–water partition coefficient (Wildman–Crippen LogP) is 2.65. The quantitative estimate of drug-likeness (QED) is 0.838. The van der Waals surface area contributed by atoms with Crippen LogP contribution in [0.5, 0.6) is 0 Å². The molecule has 0 radical (unpaired) electrons. The first-order valence-corrected chi connectivity index (χ1v) is 9.06. The van der Waals surface area contributed by atoms with Gasteiger partial charge in [0.15, 0.2) is 0 Å². The summed E-state index contributed by atoms with van der Waals surface area (Å²) in [6.45, 7) is 4.53. The molecule has 2 heterocycles. The maximum Gasteiger partial charge on any atom is 0.311 e. The Morgan fingerprint density at radius 1 is 1.17 bits per heavy atom. The van der Waals surface area contributed by atoms with Gasteiger partial charge in [0.1, 0.15) is 0 Å². The van der Waals surface area contributed by atoms with Crippen molar-refractivity contribution in [3.63, 3.8) is 0 Å². The third kappa shape index (κ3) is 3.90. The van der Waals surface area contributed by atoms with Crippen molar-refractivity contribution in [3.05, 3.63) is 29.8 Å². The number of piperidine rings is 1. The van der Waals surface area contributed by atoms with Crippen LogP contribution in [-0.2, 0) is 16.1 Å². The number of nitrogens with zero attached hydrogens (tertiary/aromatic N) is 1. The van der Waals surface area contributed by atoms with Crippen molar-refractivity contribution in [1.82, 2.24) is 5.32 Å². The number of hydrogen-bond acceptors (Lipinski definition) is 4. The van der Waals surface area contributed by atoms with E-state index in [2.05, 4.69) is 34.5 Å². The molecule has 0 bridgehead atoms. The highest BCUT2D eigenvalue weighted by Gasteiger charge is 2.39. The molecule has 0 spiro atoms. The summed E-state index contributed by atoms with van der Waals surface area (Å²) in [6.07, 6.45) is 5.00. The molecule has 2 saturated heterocycles. The van der Waals surface area contributed by atoms with Crippen LogP contribution in [0.3, 0.4) is 0 Å². The topological polar surface area (TPSA) is 61.8 Å². The molecular weight excluding hydrogens is 304 g/mol. The van der Waals surface area contributed by atoms with E-state index in [0.717, 1.165) is 13.1 Å². The maximum atomic E-state index is 11.7. The fourth-order valence-corrected chi connectivity index (χ4v) is 3.77. The van der Waals surface area contributed by atoms with Crippen LogP contribution >= 0.6 is 0 Å². The Morgan fingerprint density at radius 3 is 2.58 bits per heavy atom. The zero-order valence-electron chi connectivity index (χ0n) is 14.3. The van der Waals surface area contributed by atoms with E-state index < -0.39 is 11.4 Å². The van der Waals surface area contributed by atoms with Gasteiger partial charge in [-0.25, -0.2) is 0 Å². The first-order valence-electron chi connectivity index (χ1n) is 9.06. The first-order chi connectivity index (χ1) is 11.7. The monoisotopic (exact) mass is 332 g/mol. The molecule has 0 amide bonds. The Balaban J connectivity index is 1.63. The molecule has 1 aromatic carbocycles. The van der Waals surface area contributed by atoms with Crippen molar-refractivity contribution < 1.29 is 14.6 Å². The third-order valence-corrected chi connectivity index (χ3v) is 5.37. The zero-order valence-corrected chi connectivity index (χ0v) is 14.3. The lowest BCUT2D eigenvalue weighted by Gasteiger charge is -2.34. The van der Waals surface area contributed by atoms with E-state index in [1.54, 1.807) is 0 Å². The molecule has 2 aliphatic rings. The van der Waals surface area contributed by atoms with Crippen molar-refractivity contribution in [2.24, 2.45) is 5.41 Å². The lowest BCUT2D eigenvalue weighted by atomic mass is 9.80. The first kappa shape index (κ1) is 17.2. The zero-order chi connectivity index (χ0) is 16.8. The Bertz CT molecular complexity index is 549. The van der Waals surface area contributed by atoms with Crippen LogP contribution in [0.1, 0.15) is 37.7 Å². The van der Waals surface area contributed by atoms with E-state index in [-0.39, 0.29) is 0 Å². The lowest BCUT2D eigenvalue weighted by Crippen LogP contribution is -2.45. The van der Waals surface area contributed by atoms with E-state index >= 15 is 0 Å². The fraction of sp³-hybridized carbons (Fsp3) is 0.632. The summed E-state index contributed by atoms with van der Waals surface area (Å²) in [5, 5.41) is 13.1. The number of carboxylic acids is 1. The van der Waals surface area contributed by atoms with E-state index in [1.807, 2.05) is 0 Å². The van der Waals surface area contributed by atoms with Crippen LogP contribution in [0, 0.1) is 5.41 Å². The molecule has 2 aliphatic heterocycles. The summed E-state index contributed by atoms with van der Waals surface area (Å²) >= 11 is 0. The molecule has 2 N–H and O–H groups in total. The highest BCUT2D eigenvalue weighted by Crippen LogP contribution is 2.30. The highest BCUT2D eigenvalue weighted by molar-refractivity contribution is 5.75. The molecule has 24 heavy (non-hydrogen) atoms. The smallest absolute Gasteiger partial charge is 0.311 e. The molecule has 0 aliphatic carbocycles. The van der Waals surface area contributed by atoms with Gasteiger partial charge in [-0.2, -0.15) is 0 Å². The van der Waals surface area contributed by atoms with Gasteiger partial charge in [-0.1, -0.05) is 18.2 Å². The van der Waals surface area contributed by atoms with Gasteiger partial charge >= 0.3 is 5.97 Å². The van der Waals surface area contributed by atoms with Crippen molar-refractivity contribution in [2.45, 2.75) is 38.6 Å². The third-order valence-electron chi connectivity index (χ3n) is 5.37. The van der Waals surface area contributed by atoms with Crippen molar-refractivity contribution in [1.29, 1.82) is 0 Å². The summed E-state index contributed by atoms with van der Waals surface area (Å²) in [5.41, 5.74) is 1.87. The molecule has 132 valence electrons. The number of para-hydroxylation sites is 1. The van der Waals surface area contributed by atoms with Crippen LogP contribution in [0.2, 0.25) is 0 Å². The Kier molecular flexibility index (Phi) is 5.74. The van der Waals surface area contributed by atoms with Crippen LogP contribution in [-0.4, -0.2) is 43.9 Å². The number of rotatable bonds is 6. The second-order valence-corrected chi connectivity index (χ2v) is 6.98. The maximum absolute atomic E-state index is 11.7. The predicted molar refractivity (Wildman–Crippen MR) is 94.3 cm³/mol. The number of nitrogens with one attached hydrogen (secondary N) is 1. The number of hydrogen-bond donors (Lipinski definition) is 2. The minimum Gasteiger partial charge on any atom is -0.481 e. The molecule has 0 saturated carbocycles. The number of benzene rings is 1.